The van der Waals surface area contributed by atoms with E-state index in [1.807, 2.05) is 55.5 Å². The molecular weight excluding hydrogens is 857 g/mol. The van der Waals surface area contributed by atoms with Gasteiger partial charge in [0.25, 0.3) is 5.69 Å². The average molecular weight is 915 g/mol. The standard InChI is InChI=1S/C52H58N4O11/c1-4-26-66-52-48(55(31-36-16-21-46-47(27-36)65-33-64-46)49(59)23-17-35-14-18-39(19-15-35)56(60)61)30-44(54-62-3)42-28-37(11-5-7-24-57)41(13-6-8-25-58)50(51(42)52)43-29-40(20-22-45(43)67-52)63-32-38-12-9-10-34(2)53-38/h4,9-10,12,14-23,27-29,37,41,48,50-51,57-58H,1,5-8,11,13,24-26,30-33H2,2-3H3/t37-,41+,48-,50+,51+,52+/m0/s1. The van der Waals surface area contributed by atoms with Crippen LogP contribution in [0.4, 0.5) is 5.69 Å². The first kappa shape index (κ1) is 47.0. The monoisotopic (exact) mass is 914 g/mol. The number of nitrogens with zero attached hydrogens (tertiary/aromatic N) is 4. The lowest BCUT2D eigenvalue weighted by molar-refractivity contribution is -0.384. The van der Waals surface area contributed by atoms with E-state index in [0.717, 1.165) is 53.8 Å². The maximum atomic E-state index is 15.2. The molecule has 4 aliphatic rings. The number of oxime groups is 1. The van der Waals surface area contributed by atoms with Crippen molar-refractivity contribution in [1.82, 2.24) is 9.88 Å². The van der Waals surface area contributed by atoms with Gasteiger partial charge in [-0.05, 0) is 122 Å². The molecule has 0 unspecified atom stereocenters. The van der Waals surface area contributed by atoms with Gasteiger partial charge in [0.05, 0.1) is 28.9 Å². The zero-order valence-electron chi connectivity index (χ0n) is 38.0. The number of carbonyl (C=O) groups excluding carboxylic acids is 1. The number of non-ortho nitro benzene ring substituents is 1. The maximum Gasteiger partial charge on any atom is 0.269 e. The summed E-state index contributed by atoms with van der Waals surface area (Å²) in [6, 6.07) is 22.4. The number of aromatic nitrogens is 1. The van der Waals surface area contributed by atoms with E-state index < -0.39 is 22.7 Å². The maximum absolute atomic E-state index is 15.2. The molecule has 15 nitrogen and oxygen atoms in total. The van der Waals surface area contributed by atoms with E-state index in [-0.39, 0.29) is 75.5 Å². The Kier molecular flexibility index (Phi) is 15.0. The molecule has 3 aromatic carbocycles. The molecule has 2 N–H and O–H groups in total. The van der Waals surface area contributed by atoms with Crippen molar-refractivity contribution < 1.29 is 48.5 Å². The fourth-order valence-electron chi connectivity index (χ4n) is 10.2. The number of pyridine rings is 1. The molecule has 67 heavy (non-hydrogen) atoms. The van der Waals surface area contributed by atoms with Gasteiger partial charge in [-0.15, -0.1) is 6.58 Å². The Hall–Kier alpha value is -6.55. The summed E-state index contributed by atoms with van der Waals surface area (Å²) in [6.07, 6.45) is 11.7. The number of rotatable bonds is 21. The van der Waals surface area contributed by atoms with Crippen LogP contribution in [0.5, 0.6) is 23.0 Å². The summed E-state index contributed by atoms with van der Waals surface area (Å²) < 4.78 is 32.4. The first-order valence-corrected chi connectivity index (χ1v) is 22.9. The number of allylic oxidation sites excluding steroid dienone is 1. The minimum atomic E-state index is -1.52. The van der Waals surface area contributed by atoms with Crippen LogP contribution in [0, 0.1) is 34.8 Å². The molecule has 8 rings (SSSR count). The Bertz CT molecular complexity index is 2510. The molecule has 3 heterocycles. The lowest BCUT2D eigenvalue weighted by Crippen LogP contribution is -2.70. The fourth-order valence-corrected chi connectivity index (χ4v) is 10.2. The van der Waals surface area contributed by atoms with Gasteiger partial charge in [0.15, 0.2) is 11.5 Å². The molecule has 0 radical (unpaired) electrons. The molecule has 15 heteroatoms. The van der Waals surface area contributed by atoms with Gasteiger partial charge in [0, 0.05) is 61.6 Å². The number of aliphatic hydroxyl groups excluding tert-OH is 2. The number of ether oxygens (including phenoxy) is 5. The number of nitro groups is 1. The van der Waals surface area contributed by atoms with Crippen molar-refractivity contribution in [3.63, 3.8) is 0 Å². The number of hydrogen-bond donors (Lipinski definition) is 2. The summed E-state index contributed by atoms with van der Waals surface area (Å²) in [5.74, 6) is -0.267. The molecule has 4 aromatic rings. The molecule has 1 saturated carbocycles. The smallest absolute Gasteiger partial charge is 0.269 e. The van der Waals surface area contributed by atoms with Crippen molar-refractivity contribution in [2.24, 2.45) is 22.9 Å². The molecule has 352 valence electrons. The number of nitro benzene ring substituents is 1. The number of aliphatic hydroxyl groups is 2. The van der Waals surface area contributed by atoms with E-state index in [4.69, 9.17) is 33.7 Å². The fraction of sp³-hybridized carbons (Fsp3) is 0.404. The van der Waals surface area contributed by atoms with Gasteiger partial charge in [-0.3, -0.25) is 19.9 Å². The van der Waals surface area contributed by atoms with Crippen LogP contribution in [0.1, 0.15) is 78.9 Å². The quantitative estimate of drug-likeness (QED) is 0.0267. The Morgan fingerprint density at radius 3 is 2.52 bits per heavy atom. The SMILES string of the molecule is C=CCO[C@@]12Oc3ccc(OCc4cccc(C)n4)cc3[C@H]3[C@H](CCCCO)[C@@H](CCCCO)C=C(C(=NOC)C[C@@H]1N(Cc1ccc4c(c1)OCO4)C(=O)C=Cc1ccc([N+](=O)[O-])cc1)[C@H]32. The largest absolute Gasteiger partial charge is 0.487 e. The van der Waals surface area contributed by atoms with E-state index in [2.05, 4.69) is 23.7 Å². The highest BCUT2D eigenvalue weighted by atomic mass is 16.7. The highest BCUT2D eigenvalue weighted by Gasteiger charge is 2.65. The summed E-state index contributed by atoms with van der Waals surface area (Å²) in [4.78, 5) is 38.2. The molecule has 2 aliphatic carbocycles. The van der Waals surface area contributed by atoms with E-state index in [1.165, 1.54) is 25.3 Å². The van der Waals surface area contributed by atoms with Gasteiger partial charge in [-0.25, -0.2) is 0 Å². The van der Waals surface area contributed by atoms with Gasteiger partial charge < -0.3 is 43.6 Å². The number of carbonyl (C=O) groups is 1. The Labute approximate surface area is 390 Å². The van der Waals surface area contributed by atoms with Crippen LogP contribution in [0.25, 0.3) is 6.08 Å². The number of amides is 1. The van der Waals surface area contributed by atoms with Gasteiger partial charge in [0.1, 0.15) is 31.3 Å². The van der Waals surface area contributed by atoms with E-state index in [9.17, 15) is 20.3 Å². The van der Waals surface area contributed by atoms with Crippen molar-refractivity contribution in [3.05, 3.63) is 147 Å². The Balaban J connectivity index is 1.30. The number of aryl methyl sites for hydroxylation is 1. The first-order valence-electron chi connectivity index (χ1n) is 22.9. The molecule has 6 atom stereocenters. The van der Waals surface area contributed by atoms with Gasteiger partial charge in [0.2, 0.25) is 18.5 Å². The van der Waals surface area contributed by atoms with Crippen molar-refractivity contribution in [2.45, 2.75) is 82.8 Å². The summed E-state index contributed by atoms with van der Waals surface area (Å²) in [7, 11) is 1.51. The molecule has 0 bridgehead atoms. The van der Waals surface area contributed by atoms with Crippen LogP contribution in [0.3, 0.4) is 0 Å². The molecule has 1 fully saturated rings. The second-order valence-corrected chi connectivity index (χ2v) is 17.3. The summed E-state index contributed by atoms with van der Waals surface area (Å²) in [6.45, 7) is 6.66. The van der Waals surface area contributed by atoms with E-state index >= 15 is 4.79 Å². The molecule has 2 aliphatic heterocycles. The predicted molar refractivity (Wildman–Crippen MR) is 251 cm³/mol. The van der Waals surface area contributed by atoms with Crippen molar-refractivity contribution in [3.8, 4) is 23.0 Å². The van der Waals surface area contributed by atoms with Crippen LogP contribution < -0.4 is 18.9 Å². The van der Waals surface area contributed by atoms with Gasteiger partial charge in [-0.2, -0.15) is 0 Å². The second kappa shape index (κ2) is 21.4. The number of fused-ring (bicyclic) bond motifs is 3. The van der Waals surface area contributed by atoms with Gasteiger partial charge in [-0.1, -0.05) is 42.3 Å². The summed E-state index contributed by atoms with van der Waals surface area (Å²) in [5.41, 5.74) is 5.46. The third-order valence-electron chi connectivity index (χ3n) is 13.2. The topological polar surface area (TPSA) is 185 Å². The third-order valence-corrected chi connectivity index (χ3v) is 13.2. The minimum Gasteiger partial charge on any atom is -0.487 e. The van der Waals surface area contributed by atoms with Crippen LogP contribution in [-0.2, 0) is 27.5 Å². The van der Waals surface area contributed by atoms with Crippen LogP contribution in [0.2, 0.25) is 0 Å². The lowest BCUT2D eigenvalue weighted by atomic mass is 9.55. The average Bonchev–Trinajstić information content (AvgIpc) is 3.81. The molecule has 1 amide bonds. The number of benzene rings is 3. The number of hydrogen-bond acceptors (Lipinski definition) is 13. The van der Waals surface area contributed by atoms with Crippen LogP contribution >= 0.6 is 0 Å². The summed E-state index contributed by atoms with van der Waals surface area (Å²) >= 11 is 0. The highest BCUT2D eigenvalue weighted by molar-refractivity contribution is 6.03. The van der Waals surface area contributed by atoms with E-state index in [1.54, 1.807) is 29.2 Å². The zero-order valence-corrected chi connectivity index (χ0v) is 38.0. The molecular formula is C52H58N4O11. The third kappa shape index (κ3) is 10.2. The summed E-state index contributed by atoms with van der Waals surface area (Å²) in [5, 5.41) is 36.1. The van der Waals surface area contributed by atoms with Crippen molar-refractivity contribution >= 4 is 23.4 Å². The normalized spacial score (nSPS) is 22.9. The predicted octanol–water partition coefficient (Wildman–Crippen LogP) is 8.61. The number of unbranched alkanes of at least 4 members (excludes halogenated alkanes) is 2. The Morgan fingerprint density at radius 2 is 1.78 bits per heavy atom. The van der Waals surface area contributed by atoms with Crippen LogP contribution in [0.15, 0.2) is 114 Å². The highest BCUT2D eigenvalue weighted by Crippen LogP contribution is 2.62. The second-order valence-electron chi connectivity index (χ2n) is 17.3. The molecule has 1 aromatic heterocycles. The lowest BCUT2D eigenvalue weighted by Gasteiger charge is -2.60. The molecule has 0 saturated heterocycles. The first-order chi connectivity index (χ1) is 32.7. The van der Waals surface area contributed by atoms with E-state index in [0.29, 0.717) is 47.1 Å². The van der Waals surface area contributed by atoms with Crippen LogP contribution in [-0.4, -0.2) is 82.2 Å². The van der Waals surface area contributed by atoms with Crippen molar-refractivity contribution in [1.29, 1.82) is 0 Å². The van der Waals surface area contributed by atoms with Crippen molar-refractivity contribution in [2.75, 3.05) is 33.7 Å². The minimum absolute atomic E-state index is 0.00429. The zero-order chi connectivity index (χ0) is 46.9. The molecule has 0 spiro atoms. The Morgan fingerprint density at radius 1 is 1.00 bits per heavy atom. The van der Waals surface area contributed by atoms with Gasteiger partial charge >= 0.3 is 0 Å².